The van der Waals surface area contributed by atoms with Crippen molar-refractivity contribution in [2.24, 2.45) is 0 Å². The maximum absolute atomic E-state index is 10.0. The molecule has 0 bridgehead atoms. The molecule has 0 amide bonds. The lowest BCUT2D eigenvalue weighted by Gasteiger charge is -1.97. The number of rotatable bonds is 3. The monoisotopic (exact) mass is 266 g/mol. The summed E-state index contributed by atoms with van der Waals surface area (Å²) in [5, 5.41) is 8.43. The fourth-order valence-corrected chi connectivity index (χ4v) is 0.716. The predicted octanol–water partition coefficient (Wildman–Crippen LogP) is 0.498. The number of Topliss-reactive ketones (excluding diaryl/α,β-unsaturated/α-hetero) is 1. The fourth-order valence-electron chi connectivity index (χ4n) is 0.716. The lowest BCUT2D eigenvalue weighted by molar-refractivity contribution is -0.137. The number of carbonyl (C=O) groups excluding carboxylic acids is 2. The lowest BCUT2D eigenvalue weighted by Crippen LogP contribution is -2.07. The molecule has 1 saturated heterocycles. The maximum atomic E-state index is 10.0. The van der Waals surface area contributed by atoms with Crippen LogP contribution in [-0.4, -0.2) is 48.8 Å². The molecule has 1 heterocycles. The van der Waals surface area contributed by atoms with Crippen molar-refractivity contribution >= 4 is 11.8 Å². The van der Waals surface area contributed by atoms with Gasteiger partial charge in [0.2, 0.25) is 0 Å². The van der Waals surface area contributed by atoms with Gasteiger partial charge in [-0.2, -0.15) is 0 Å². The second-order valence-corrected chi connectivity index (χ2v) is 3.68. The van der Waals surface area contributed by atoms with Gasteiger partial charge in [0.05, 0.1) is 19.3 Å². The van der Waals surface area contributed by atoms with E-state index < -0.39 is 0 Å². The van der Waals surface area contributed by atoms with Crippen LogP contribution in [-0.2, 0) is 19.1 Å². The molecular weight excluding hydrogens is 240 g/mol. The highest BCUT2D eigenvalue weighted by molar-refractivity contribution is 5.74. The van der Waals surface area contributed by atoms with E-state index in [1.54, 1.807) is 21.0 Å². The highest BCUT2D eigenvalue weighted by atomic mass is 16.5. The zero-order valence-corrected chi connectivity index (χ0v) is 11.7. The molecule has 1 aliphatic heterocycles. The van der Waals surface area contributed by atoms with E-state index in [9.17, 15) is 9.59 Å². The van der Waals surface area contributed by atoms with E-state index in [1.165, 1.54) is 0 Å². The Morgan fingerprint density at radius 3 is 2.11 bits per heavy atom. The van der Waals surface area contributed by atoms with Crippen molar-refractivity contribution in [3.8, 4) is 0 Å². The zero-order valence-electron chi connectivity index (χ0n) is 11.7. The number of esters is 1. The molecule has 0 aromatic heterocycles. The predicted molar refractivity (Wildman–Crippen MR) is 68.3 cm³/mol. The summed E-state index contributed by atoms with van der Waals surface area (Å²) in [5.41, 5.74) is 0. The molecule has 6 nitrogen and oxygen atoms in total. The Morgan fingerprint density at radius 2 is 2.06 bits per heavy atom. The number of ether oxygens (including phenoxy) is 2. The highest BCUT2D eigenvalue weighted by Gasteiger charge is 2.08. The van der Waals surface area contributed by atoms with Crippen LogP contribution in [0.25, 0.3) is 0 Å². The number of methoxy groups -OCH3 is 1. The molecule has 18 heavy (non-hydrogen) atoms. The minimum absolute atomic E-state index is 0. The van der Waals surface area contributed by atoms with Crippen LogP contribution in [0, 0.1) is 0 Å². The van der Waals surface area contributed by atoms with Crippen molar-refractivity contribution in [3.63, 3.8) is 0 Å². The van der Waals surface area contributed by atoms with Crippen molar-refractivity contribution in [1.82, 2.24) is 0 Å². The average molecular weight is 266 g/mol. The van der Waals surface area contributed by atoms with Gasteiger partial charge in [0.1, 0.15) is 5.78 Å². The molecule has 0 aromatic rings. The molecule has 6 heteroatoms. The van der Waals surface area contributed by atoms with Gasteiger partial charge < -0.3 is 24.9 Å². The molecule has 0 saturated carbocycles. The van der Waals surface area contributed by atoms with Crippen molar-refractivity contribution in [2.45, 2.75) is 46.1 Å². The number of hydrogen-bond donors (Lipinski definition) is 1. The summed E-state index contributed by atoms with van der Waals surface area (Å²) in [6, 6.07) is 0. The van der Waals surface area contributed by atoms with Crippen LogP contribution in [0.5, 0.6) is 0 Å². The first kappa shape index (κ1) is 22.2. The van der Waals surface area contributed by atoms with Crippen LogP contribution in [0.15, 0.2) is 0 Å². The van der Waals surface area contributed by atoms with Crippen LogP contribution in [0.4, 0.5) is 0 Å². The third kappa shape index (κ3) is 24.3. The molecule has 0 radical (unpaired) electrons. The first-order valence-electron chi connectivity index (χ1n) is 5.76. The molecular formula is C12H26O6. The van der Waals surface area contributed by atoms with Gasteiger partial charge in [0, 0.05) is 20.0 Å². The molecule has 110 valence electrons. The molecule has 0 aliphatic carbocycles. The first-order chi connectivity index (χ1) is 7.93. The quantitative estimate of drug-likeness (QED) is 0.749. The molecule has 1 atom stereocenters. The summed E-state index contributed by atoms with van der Waals surface area (Å²) in [6.45, 7) is 6.19. The van der Waals surface area contributed by atoms with Crippen molar-refractivity contribution in [2.75, 3.05) is 20.3 Å². The molecule has 0 spiro atoms. The Hall–Kier alpha value is -0.980. The van der Waals surface area contributed by atoms with E-state index in [0.29, 0.717) is 26.1 Å². The van der Waals surface area contributed by atoms with Gasteiger partial charge >= 0.3 is 5.97 Å². The van der Waals surface area contributed by atoms with Gasteiger partial charge in [-0.15, -0.1) is 0 Å². The molecule has 1 aliphatic rings. The Labute approximate surface area is 109 Å². The summed E-state index contributed by atoms with van der Waals surface area (Å²) in [5.74, 6) is 0.208. The van der Waals surface area contributed by atoms with Gasteiger partial charge in [-0.05, 0) is 20.3 Å². The minimum atomic E-state index is -0.324. The topological polar surface area (TPSA) is 104 Å². The van der Waals surface area contributed by atoms with E-state index in [2.05, 4.69) is 9.47 Å². The molecule has 3 N–H and O–H groups in total. The summed E-state index contributed by atoms with van der Waals surface area (Å²) in [7, 11) is 1.56. The van der Waals surface area contributed by atoms with Crippen molar-refractivity contribution in [1.29, 1.82) is 0 Å². The average Bonchev–Trinajstić information content (AvgIpc) is 2.70. The molecule has 0 aromatic carbocycles. The van der Waals surface area contributed by atoms with Gasteiger partial charge in [-0.1, -0.05) is 6.92 Å². The summed E-state index contributed by atoms with van der Waals surface area (Å²) in [6.07, 6.45) is 1.88. The van der Waals surface area contributed by atoms with Crippen LogP contribution in [0.1, 0.15) is 40.0 Å². The number of carbonyl (C=O) groups is 2. The van der Waals surface area contributed by atoms with E-state index in [0.717, 1.165) is 6.42 Å². The largest absolute Gasteiger partial charge is 0.466 e. The molecule has 1 fully saturated rings. The first-order valence-corrected chi connectivity index (χ1v) is 5.76. The Bertz CT molecular complexity index is 195. The van der Waals surface area contributed by atoms with E-state index >= 15 is 0 Å². The highest BCUT2D eigenvalue weighted by Crippen LogP contribution is 2.01. The van der Waals surface area contributed by atoms with Crippen molar-refractivity contribution in [3.05, 3.63) is 0 Å². The van der Waals surface area contributed by atoms with Gasteiger partial charge in [0.25, 0.3) is 0 Å². The maximum Gasteiger partial charge on any atom is 0.305 e. The SMILES string of the molecule is CCC(C)=O.COCC(C)O.O.O=C1CCCO1. The number of hydrogen-bond acceptors (Lipinski definition) is 5. The minimum Gasteiger partial charge on any atom is -0.466 e. The number of aliphatic hydroxyl groups excluding tert-OH is 1. The zero-order chi connectivity index (χ0) is 13.7. The molecule has 1 unspecified atom stereocenters. The molecule has 1 rings (SSSR count). The number of aliphatic hydroxyl groups is 1. The van der Waals surface area contributed by atoms with Gasteiger partial charge in [0.15, 0.2) is 0 Å². The smallest absolute Gasteiger partial charge is 0.305 e. The van der Waals surface area contributed by atoms with Crippen LogP contribution < -0.4 is 0 Å². The summed E-state index contributed by atoms with van der Waals surface area (Å²) < 4.78 is 9.07. The lowest BCUT2D eigenvalue weighted by atomic mass is 10.4. The third-order valence-electron chi connectivity index (χ3n) is 1.69. The Kier molecular flexibility index (Phi) is 19.8. The second kappa shape index (κ2) is 16.0. The van der Waals surface area contributed by atoms with E-state index in [-0.39, 0.29) is 23.3 Å². The number of cyclic esters (lactones) is 1. The van der Waals surface area contributed by atoms with E-state index in [4.69, 9.17) is 5.11 Å². The summed E-state index contributed by atoms with van der Waals surface area (Å²) in [4.78, 5) is 19.8. The summed E-state index contributed by atoms with van der Waals surface area (Å²) >= 11 is 0. The third-order valence-corrected chi connectivity index (χ3v) is 1.69. The fraction of sp³-hybridized carbons (Fsp3) is 0.833. The Morgan fingerprint density at radius 1 is 1.56 bits per heavy atom. The normalized spacial score (nSPS) is 13.9. The number of ketones is 1. The van der Waals surface area contributed by atoms with E-state index in [1.807, 2.05) is 6.92 Å². The van der Waals surface area contributed by atoms with Crippen LogP contribution in [0.3, 0.4) is 0 Å². The Balaban J connectivity index is -0.000000184. The second-order valence-electron chi connectivity index (χ2n) is 3.68. The van der Waals surface area contributed by atoms with Crippen LogP contribution >= 0.6 is 0 Å². The van der Waals surface area contributed by atoms with Gasteiger partial charge in [-0.25, -0.2) is 0 Å². The van der Waals surface area contributed by atoms with Gasteiger partial charge in [-0.3, -0.25) is 4.79 Å². The standard InChI is InChI=1S/C4H6O2.C4H10O2.C4H8O.H2O/c5-4-2-1-3-6-4;1-4(5)3-6-2;1-3-4(2)5;/h1-3H2;4-5H,3H2,1-2H3;3H2,1-2H3;1H2. The van der Waals surface area contributed by atoms with Crippen molar-refractivity contribution < 1.29 is 29.6 Å². The van der Waals surface area contributed by atoms with Crippen LogP contribution in [0.2, 0.25) is 0 Å².